The Kier molecular flexibility index (Phi) is 4.22. The highest BCUT2D eigenvalue weighted by Crippen LogP contribution is 2.28. The monoisotopic (exact) mass is 251 g/mol. The molecule has 1 aromatic carbocycles. The first-order valence-corrected chi connectivity index (χ1v) is 4.79. The van der Waals surface area contributed by atoms with E-state index in [1.807, 2.05) is 0 Å². The van der Waals surface area contributed by atoms with E-state index in [1.54, 1.807) is 0 Å². The predicted molar refractivity (Wildman–Crippen MR) is 52.6 cm³/mol. The maximum atomic E-state index is 13.3. The van der Waals surface area contributed by atoms with Gasteiger partial charge >= 0.3 is 0 Å². The lowest BCUT2D eigenvalue weighted by Crippen LogP contribution is -2.17. The molecule has 1 aromatic rings. The molecule has 0 aliphatic rings. The summed E-state index contributed by atoms with van der Waals surface area (Å²) in [6, 6.07) is -1.27. The van der Waals surface area contributed by atoms with Crippen molar-refractivity contribution in [2.24, 2.45) is 5.73 Å². The van der Waals surface area contributed by atoms with Crippen molar-refractivity contribution in [3.63, 3.8) is 0 Å². The van der Waals surface area contributed by atoms with Crippen LogP contribution in [-0.2, 0) is 0 Å². The number of hydrogen-bond acceptors (Lipinski definition) is 1. The second-order valence-electron chi connectivity index (χ2n) is 3.46. The van der Waals surface area contributed by atoms with Crippen molar-refractivity contribution >= 4 is 0 Å². The molecule has 0 saturated heterocycles. The molecule has 0 saturated carbocycles. The molecule has 0 aliphatic heterocycles. The molecule has 0 radical (unpaired) electrons. The molecular formula is C11H10F5N. The zero-order chi connectivity index (χ0) is 13.2. The summed E-state index contributed by atoms with van der Waals surface area (Å²) < 4.78 is 64.9. The van der Waals surface area contributed by atoms with Crippen molar-refractivity contribution < 1.29 is 22.0 Å². The average Bonchev–Trinajstić information content (AvgIpc) is 2.31. The molecule has 0 aromatic heterocycles. The highest BCUT2D eigenvalue weighted by molar-refractivity contribution is 5.26. The van der Waals surface area contributed by atoms with Gasteiger partial charge in [0.25, 0.3) is 0 Å². The summed E-state index contributed by atoms with van der Waals surface area (Å²) in [5.41, 5.74) is 4.40. The highest BCUT2D eigenvalue weighted by Gasteiger charge is 2.28. The van der Waals surface area contributed by atoms with Crippen molar-refractivity contribution in [1.82, 2.24) is 0 Å². The van der Waals surface area contributed by atoms with Gasteiger partial charge in [-0.25, -0.2) is 22.0 Å². The Morgan fingerprint density at radius 1 is 0.941 bits per heavy atom. The van der Waals surface area contributed by atoms with Gasteiger partial charge in [0, 0.05) is 11.6 Å². The minimum absolute atomic E-state index is 0.0435. The van der Waals surface area contributed by atoms with Gasteiger partial charge in [-0.1, -0.05) is 6.08 Å². The smallest absolute Gasteiger partial charge is 0.200 e. The van der Waals surface area contributed by atoms with E-state index in [9.17, 15) is 22.0 Å². The number of allylic oxidation sites excluding steroid dienone is 1. The van der Waals surface area contributed by atoms with Crippen LogP contribution < -0.4 is 5.73 Å². The van der Waals surface area contributed by atoms with E-state index in [2.05, 4.69) is 6.58 Å². The third-order valence-corrected chi connectivity index (χ3v) is 2.30. The minimum Gasteiger partial charge on any atom is -0.324 e. The zero-order valence-corrected chi connectivity index (χ0v) is 8.74. The summed E-state index contributed by atoms with van der Waals surface area (Å²) in [6.45, 7) is 3.37. The van der Waals surface area contributed by atoms with Crippen LogP contribution >= 0.6 is 0 Å². The van der Waals surface area contributed by atoms with E-state index in [0.29, 0.717) is 6.42 Å². The largest absolute Gasteiger partial charge is 0.324 e. The lowest BCUT2D eigenvalue weighted by molar-refractivity contribution is 0.362. The summed E-state index contributed by atoms with van der Waals surface area (Å²) in [7, 11) is 0. The maximum absolute atomic E-state index is 13.3. The molecule has 17 heavy (non-hydrogen) atoms. The second kappa shape index (κ2) is 5.27. The van der Waals surface area contributed by atoms with E-state index < -0.39 is 40.7 Å². The van der Waals surface area contributed by atoms with Gasteiger partial charge in [0.15, 0.2) is 23.3 Å². The lowest BCUT2D eigenvalue weighted by atomic mass is 10.0. The van der Waals surface area contributed by atoms with Crippen LogP contribution in [0.15, 0.2) is 12.7 Å². The van der Waals surface area contributed by atoms with Crippen molar-refractivity contribution in [3.8, 4) is 0 Å². The number of nitrogens with two attached hydrogens (primary N) is 1. The Labute approximate surface area is 94.7 Å². The van der Waals surface area contributed by atoms with Gasteiger partial charge in [-0.3, -0.25) is 0 Å². The van der Waals surface area contributed by atoms with Crippen molar-refractivity contribution in [3.05, 3.63) is 47.3 Å². The normalized spacial score (nSPS) is 12.6. The third-order valence-electron chi connectivity index (χ3n) is 2.30. The molecule has 0 heterocycles. The summed E-state index contributed by atoms with van der Waals surface area (Å²) in [5, 5.41) is 0. The van der Waals surface area contributed by atoms with E-state index in [0.717, 1.165) is 0 Å². The number of hydrogen-bond donors (Lipinski definition) is 1. The molecule has 0 amide bonds. The van der Waals surface area contributed by atoms with Gasteiger partial charge in [0.1, 0.15) is 0 Å². The molecule has 1 atom stereocenters. The quantitative estimate of drug-likeness (QED) is 0.377. The maximum Gasteiger partial charge on any atom is 0.200 e. The molecule has 0 aliphatic carbocycles. The van der Waals surface area contributed by atoms with Gasteiger partial charge < -0.3 is 5.73 Å². The second-order valence-corrected chi connectivity index (χ2v) is 3.46. The minimum atomic E-state index is -2.18. The topological polar surface area (TPSA) is 26.0 Å². The summed E-state index contributed by atoms with van der Waals surface area (Å²) in [4.78, 5) is 0. The van der Waals surface area contributed by atoms with Gasteiger partial charge in [0.05, 0.1) is 0 Å². The fourth-order valence-corrected chi connectivity index (χ4v) is 1.39. The number of rotatable bonds is 4. The molecule has 0 bridgehead atoms. The van der Waals surface area contributed by atoms with Gasteiger partial charge in [-0.15, -0.1) is 6.58 Å². The molecular weight excluding hydrogens is 241 g/mol. The zero-order valence-electron chi connectivity index (χ0n) is 8.74. The molecule has 94 valence electrons. The van der Waals surface area contributed by atoms with Crippen LogP contribution in [-0.4, -0.2) is 0 Å². The molecule has 6 heteroatoms. The fourth-order valence-electron chi connectivity index (χ4n) is 1.39. The Morgan fingerprint density at radius 2 is 1.35 bits per heavy atom. The highest BCUT2D eigenvalue weighted by atomic mass is 19.2. The molecule has 0 fully saturated rings. The Morgan fingerprint density at radius 3 is 1.76 bits per heavy atom. The SMILES string of the molecule is C=CCC[C@@H](N)c1c(F)c(F)c(F)c(F)c1F. The van der Waals surface area contributed by atoms with Crippen molar-refractivity contribution in [2.75, 3.05) is 0 Å². The first-order chi connectivity index (χ1) is 7.91. The van der Waals surface area contributed by atoms with E-state index >= 15 is 0 Å². The average molecular weight is 251 g/mol. The van der Waals surface area contributed by atoms with E-state index in [1.165, 1.54) is 6.08 Å². The summed E-state index contributed by atoms with van der Waals surface area (Å²) >= 11 is 0. The van der Waals surface area contributed by atoms with Crippen LogP contribution in [0.1, 0.15) is 24.4 Å². The molecule has 0 unspecified atom stereocenters. The molecule has 2 N–H and O–H groups in total. The lowest BCUT2D eigenvalue weighted by Gasteiger charge is -2.14. The van der Waals surface area contributed by atoms with Crippen LogP contribution in [0.5, 0.6) is 0 Å². The van der Waals surface area contributed by atoms with Gasteiger partial charge in [0.2, 0.25) is 5.82 Å². The Balaban J connectivity index is 3.28. The third kappa shape index (κ3) is 2.46. The van der Waals surface area contributed by atoms with Gasteiger partial charge in [-0.2, -0.15) is 0 Å². The first-order valence-electron chi connectivity index (χ1n) is 4.79. The first kappa shape index (κ1) is 13.6. The Hall–Kier alpha value is -1.43. The number of halogens is 5. The number of benzene rings is 1. The van der Waals surface area contributed by atoms with Crippen LogP contribution in [0.3, 0.4) is 0 Å². The fraction of sp³-hybridized carbons (Fsp3) is 0.273. The molecule has 1 rings (SSSR count). The molecule has 1 nitrogen and oxygen atoms in total. The van der Waals surface area contributed by atoms with E-state index in [-0.39, 0.29) is 6.42 Å². The van der Waals surface area contributed by atoms with Crippen LogP contribution in [0, 0.1) is 29.1 Å². The summed E-state index contributed by atoms with van der Waals surface area (Å²) in [6.07, 6.45) is 1.79. The van der Waals surface area contributed by atoms with Crippen molar-refractivity contribution in [2.45, 2.75) is 18.9 Å². The van der Waals surface area contributed by atoms with Crippen LogP contribution in [0.4, 0.5) is 22.0 Å². The predicted octanol–water partition coefficient (Wildman–Crippen LogP) is 3.35. The van der Waals surface area contributed by atoms with Gasteiger partial charge in [-0.05, 0) is 12.8 Å². The standard InChI is InChI=1S/C11H10F5N/c1-2-3-4-5(17)6-7(12)9(14)11(16)10(15)8(6)13/h2,5H,1,3-4,17H2/t5-/m1/s1. The van der Waals surface area contributed by atoms with Crippen LogP contribution in [0.25, 0.3) is 0 Å². The Bertz CT molecular complexity index is 415. The van der Waals surface area contributed by atoms with Crippen molar-refractivity contribution in [1.29, 1.82) is 0 Å². The summed E-state index contributed by atoms with van der Waals surface area (Å²) in [5.74, 6) is -9.89. The van der Waals surface area contributed by atoms with E-state index in [4.69, 9.17) is 5.73 Å². The molecule has 0 spiro atoms. The van der Waals surface area contributed by atoms with Crippen LogP contribution in [0.2, 0.25) is 0 Å².